The van der Waals surface area contributed by atoms with E-state index in [4.69, 9.17) is 20.8 Å². The predicted octanol–water partition coefficient (Wildman–Crippen LogP) is 3.64. The molecule has 1 aromatic heterocycles. The van der Waals surface area contributed by atoms with Crippen LogP contribution in [0.15, 0.2) is 45.6 Å². The van der Waals surface area contributed by atoms with Gasteiger partial charge in [0.1, 0.15) is 24.4 Å². The molecule has 0 saturated heterocycles. The molecule has 4 nitrogen and oxygen atoms in total. The highest BCUT2D eigenvalue weighted by atomic mass is 35.5. The van der Waals surface area contributed by atoms with E-state index < -0.39 is 0 Å². The Morgan fingerprint density at radius 2 is 1.96 bits per heavy atom. The van der Waals surface area contributed by atoms with Crippen molar-refractivity contribution in [3.05, 3.63) is 74.1 Å². The van der Waals surface area contributed by atoms with Crippen molar-refractivity contribution in [1.29, 1.82) is 0 Å². The van der Waals surface area contributed by atoms with Crippen LogP contribution in [0.4, 0.5) is 0 Å². The van der Waals surface area contributed by atoms with Crippen molar-refractivity contribution in [2.45, 2.75) is 39.8 Å². The van der Waals surface area contributed by atoms with Gasteiger partial charge in [0.2, 0.25) is 6.73 Å². The van der Waals surface area contributed by atoms with Gasteiger partial charge in [-0.2, -0.15) is 0 Å². The molecule has 140 valence electrons. The van der Waals surface area contributed by atoms with Crippen molar-refractivity contribution in [2.24, 2.45) is 0 Å². The van der Waals surface area contributed by atoms with Gasteiger partial charge in [0.25, 0.3) is 0 Å². The average Bonchev–Trinajstić information content (AvgIpc) is 2.65. The van der Waals surface area contributed by atoms with Gasteiger partial charge in [-0.1, -0.05) is 37.1 Å². The Bertz CT molecular complexity index is 1040. The summed E-state index contributed by atoms with van der Waals surface area (Å²) in [6.07, 6.45) is 1.85. The fourth-order valence-electron chi connectivity index (χ4n) is 3.88. The number of halogens is 1. The van der Waals surface area contributed by atoms with Crippen LogP contribution < -0.4 is 15.3 Å². The molecule has 3 aromatic rings. The van der Waals surface area contributed by atoms with Gasteiger partial charge in [0.05, 0.1) is 0 Å². The summed E-state index contributed by atoms with van der Waals surface area (Å²) in [4.78, 5) is 13.3. The molecule has 27 heavy (non-hydrogen) atoms. The van der Waals surface area contributed by atoms with Crippen LogP contribution in [0.3, 0.4) is 0 Å². The third-order valence-corrected chi connectivity index (χ3v) is 5.38. The Morgan fingerprint density at radius 1 is 1.19 bits per heavy atom. The van der Waals surface area contributed by atoms with Crippen LogP contribution in [-0.4, -0.2) is 6.73 Å². The minimum absolute atomic E-state index is 0.292. The molecule has 0 fully saturated rings. The average molecular weight is 385 g/mol. The summed E-state index contributed by atoms with van der Waals surface area (Å²) < 4.78 is 11.6. The van der Waals surface area contributed by atoms with E-state index >= 15 is 0 Å². The molecule has 0 amide bonds. The Morgan fingerprint density at radius 3 is 2.70 bits per heavy atom. The molecular weight excluding hydrogens is 362 g/mol. The summed E-state index contributed by atoms with van der Waals surface area (Å²) in [5, 5.41) is 1.78. The highest BCUT2D eigenvalue weighted by Crippen LogP contribution is 2.33. The fourth-order valence-corrected chi connectivity index (χ4v) is 4.00. The van der Waals surface area contributed by atoms with Crippen LogP contribution in [0.2, 0.25) is 5.02 Å². The number of aryl methyl sites for hydroxylation is 2. The standard InChI is InChI=1S/C22H22ClNO3/c1-3-4-16-10-20(25)27-22-14(2)21-17(9-19(16)22)12-24(13-26-21)11-15-5-7-18(23)8-6-15/h5-10H,3-4,11-13H2,1-2H3/p+1. The lowest BCUT2D eigenvalue weighted by Gasteiger charge is -2.28. The van der Waals surface area contributed by atoms with Gasteiger partial charge < -0.3 is 9.15 Å². The van der Waals surface area contributed by atoms with Gasteiger partial charge in [0.15, 0.2) is 0 Å². The molecule has 1 N–H and O–H groups in total. The zero-order valence-corrected chi connectivity index (χ0v) is 16.4. The summed E-state index contributed by atoms with van der Waals surface area (Å²) in [6, 6.07) is 11.7. The Balaban J connectivity index is 1.70. The summed E-state index contributed by atoms with van der Waals surface area (Å²) in [7, 11) is 0. The van der Waals surface area contributed by atoms with Gasteiger partial charge in [-0.25, -0.2) is 4.79 Å². The molecule has 4 rings (SSSR count). The first-order chi connectivity index (χ1) is 13.0. The van der Waals surface area contributed by atoms with Gasteiger partial charge in [0, 0.05) is 33.2 Å². The largest absolute Gasteiger partial charge is 0.444 e. The monoisotopic (exact) mass is 384 g/mol. The predicted molar refractivity (Wildman–Crippen MR) is 107 cm³/mol. The van der Waals surface area contributed by atoms with Crippen LogP contribution in [-0.2, 0) is 19.5 Å². The summed E-state index contributed by atoms with van der Waals surface area (Å²) in [5.41, 5.74) is 4.74. The quantitative estimate of drug-likeness (QED) is 0.698. The number of hydrogen-bond acceptors (Lipinski definition) is 3. The molecule has 0 bridgehead atoms. The minimum atomic E-state index is -0.292. The van der Waals surface area contributed by atoms with Gasteiger partial charge in [-0.3, -0.25) is 4.90 Å². The van der Waals surface area contributed by atoms with Crippen LogP contribution >= 0.6 is 11.6 Å². The van der Waals surface area contributed by atoms with Crippen molar-refractivity contribution in [3.8, 4) is 5.75 Å². The van der Waals surface area contributed by atoms with Crippen molar-refractivity contribution in [2.75, 3.05) is 6.73 Å². The number of nitrogens with one attached hydrogen (secondary N) is 1. The second kappa shape index (κ2) is 7.37. The topological polar surface area (TPSA) is 43.9 Å². The number of rotatable bonds is 4. The number of ether oxygens (including phenoxy) is 1. The van der Waals surface area contributed by atoms with Crippen molar-refractivity contribution in [1.82, 2.24) is 0 Å². The van der Waals surface area contributed by atoms with E-state index in [1.165, 1.54) is 16.0 Å². The molecule has 2 heterocycles. The van der Waals surface area contributed by atoms with E-state index in [-0.39, 0.29) is 5.63 Å². The molecule has 5 heteroatoms. The van der Waals surface area contributed by atoms with Crippen LogP contribution in [0, 0.1) is 6.92 Å². The highest BCUT2D eigenvalue weighted by molar-refractivity contribution is 6.30. The maximum absolute atomic E-state index is 12.0. The van der Waals surface area contributed by atoms with E-state index in [1.54, 1.807) is 6.07 Å². The Labute approximate surface area is 163 Å². The van der Waals surface area contributed by atoms with Gasteiger partial charge >= 0.3 is 5.63 Å². The first-order valence-corrected chi connectivity index (χ1v) is 9.73. The molecule has 0 spiro atoms. The van der Waals surface area contributed by atoms with Gasteiger partial charge in [-0.05, 0) is 37.1 Å². The van der Waals surface area contributed by atoms with Crippen LogP contribution in [0.25, 0.3) is 11.0 Å². The van der Waals surface area contributed by atoms with Crippen molar-refractivity contribution in [3.63, 3.8) is 0 Å². The molecule has 0 aliphatic carbocycles. The second-order valence-corrected chi connectivity index (χ2v) is 7.66. The molecule has 1 unspecified atom stereocenters. The highest BCUT2D eigenvalue weighted by Gasteiger charge is 2.25. The van der Waals surface area contributed by atoms with E-state index in [0.717, 1.165) is 53.2 Å². The van der Waals surface area contributed by atoms with E-state index in [2.05, 4.69) is 25.1 Å². The Hall–Kier alpha value is -2.30. The smallest absolute Gasteiger partial charge is 0.336 e. The summed E-state index contributed by atoms with van der Waals surface area (Å²) >= 11 is 5.98. The van der Waals surface area contributed by atoms with E-state index in [0.29, 0.717) is 12.3 Å². The normalized spacial score (nSPS) is 16.2. The SMILES string of the molecule is CCCc1cc(=O)oc2c(C)c3c(cc12)C[NH+](Cc1ccc(Cl)cc1)CO3. The maximum atomic E-state index is 12.0. The Kier molecular flexibility index (Phi) is 4.94. The van der Waals surface area contributed by atoms with E-state index in [1.807, 2.05) is 19.1 Å². The fraction of sp³-hybridized carbons (Fsp3) is 0.318. The zero-order chi connectivity index (χ0) is 19.0. The minimum Gasteiger partial charge on any atom is -0.444 e. The lowest BCUT2D eigenvalue weighted by atomic mass is 9.98. The van der Waals surface area contributed by atoms with Crippen LogP contribution in [0.1, 0.15) is 35.6 Å². The number of fused-ring (bicyclic) bond motifs is 2. The number of benzene rings is 2. The lowest BCUT2D eigenvalue weighted by Crippen LogP contribution is -3.10. The molecule has 1 aliphatic heterocycles. The number of quaternary nitrogens is 1. The molecule has 0 radical (unpaired) electrons. The molecule has 0 saturated carbocycles. The zero-order valence-electron chi connectivity index (χ0n) is 15.6. The van der Waals surface area contributed by atoms with Crippen molar-refractivity contribution >= 4 is 22.6 Å². The molecule has 2 aromatic carbocycles. The first kappa shape index (κ1) is 18.1. The third-order valence-electron chi connectivity index (χ3n) is 5.12. The molecule has 1 atom stereocenters. The van der Waals surface area contributed by atoms with Crippen LogP contribution in [0.5, 0.6) is 5.75 Å². The van der Waals surface area contributed by atoms with Crippen molar-refractivity contribution < 1.29 is 14.1 Å². The summed E-state index contributed by atoms with van der Waals surface area (Å²) in [5.74, 6) is 0.860. The maximum Gasteiger partial charge on any atom is 0.336 e. The molecular formula is C22H23ClNO3+. The van der Waals surface area contributed by atoms with E-state index in [9.17, 15) is 4.79 Å². The lowest BCUT2D eigenvalue weighted by molar-refractivity contribution is -0.945. The first-order valence-electron chi connectivity index (χ1n) is 9.35. The summed E-state index contributed by atoms with van der Waals surface area (Å²) in [6.45, 7) is 6.43. The third kappa shape index (κ3) is 3.60. The van der Waals surface area contributed by atoms with Gasteiger partial charge in [-0.15, -0.1) is 0 Å². The number of hydrogen-bond donors (Lipinski definition) is 1. The second-order valence-electron chi connectivity index (χ2n) is 7.23. The molecule has 1 aliphatic rings.